The third-order valence-electron chi connectivity index (χ3n) is 4.65. The number of nitrogens with zero attached hydrogens (tertiary/aromatic N) is 3. The SMILES string of the molecule is Cc1nc([C@@H]2CCCN2C(=O)N(C)C2CCCC2)cs1. The second kappa shape index (κ2) is 5.72. The topological polar surface area (TPSA) is 36.4 Å². The summed E-state index contributed by atoms with van der Waals surface area (Å²) in [5, 5.41) is 3.20. The molecule has 2 heterocycles. The number of amides is 2. The minimum absolute atomic E-state index is 0.191. The molecule has 3 rings (SSSR count). The zero-order valence-electron chi connectivity index (χ0n) is 12.3. The molecule has 0 bridgehead atoms. The molecular weight excluding hydrogens is 270 g/mol. The van der Waals surface area contributed by atoms with Gasteiger partial charge in [-0.25, -0.2) is 9.78 Å². The lowest BCUT2D eigenvalue weighted by molar-refractivity contribution is 0.141. The molecule has 1 aliphatic carbocycles. The van der Waals surface area contributed by atoms with Crippen LogP contribution < -0.4 is 0 Å². The van der Waals surface area contributed by atoms with Crippen molar-refractivity contribution in [3.05, 3.63) is 16.1 Å². The second-order valence-corrected chi connectivity index (χ2v) is 7.04. The summed E-state index contributed by atoms with van der Waals surface area (Å²) >= 11 is 1.68. The van der Waals surface area contributed by atoms with Crippen LogP contribution in [-0.2, 0) is 0 Å². The van der Waals surface area contributed by atoms with Gasteiger partial charge in [-0.15, -0.1) is 11.3 Å². The predicted octanol–water partition coefficient (Wildman–Crippen LogP) is 3.58. The van der Waals surface area contributed by atoms with Gasteiger partial charge in [0.15, 0.2) is 0 Å². The maximum Gasteiger partial charge on any atom is 0.320 e. The normalized spacial score (nSPS) is 23.5. The van der Waals surface area contributed by atoms with Crippen LogP contribution in [0.5, 0.6) is 0 Å². The highest BCUT2D eigenvalue weighted by Gasteiger charge is 2.35. The predicted molar refractivity (Wildman–Crippen MR) is 80.9 cm³/mol. The van der Waals surface area contributed by atoms with Crippen LogP contribution in [0.15, 0.2) is 5.38 Å². The maximum absolute atomic E-state index is 12.8. The van der Waals surface area contributed by atoms with Gasteiger partial charge in [-0.05, 0) is 32.6 Å². The molecule has 0 N–H and O–H groups in total. The molecule has 0 radical (unpaired) electrons. The van der Waals surface area contributed by atoms with E-state index < -0.39 is 0 Å². The van der Waals surface area contributed by atoms with Crippen molar-refractivity contribution < 1.29 is 4.79 Å². The standard InChI is InChI=1S/C15H23N3OS/c1-11-16-13(10-20-11)14-8-5-9-18(14)15(19)17(2)12-6-3-4-7-12/h10,12,14H,3-9H2,1-2H3/t14-/m0/s1. The van der Waals surface area contributed by atoms with E-state index in [1.54, 1.807) is 11.3 Å². The number of urea groups is 1. The molecule has 1 saturated carbocycles. The van der Waals surface area contributed by atoms with E-state index in [2.05, 4.69) is 10.4 Å². The zero-order valence-corrected chi connectivity index (χ0v) is 13.2. The monoisotopic (exact) mass is 293 g/mol. The number of hydrogen-bond acceptors (Lipinski definition) is 3. The van der Waals surface area contributed by atoms with Gasteiger partial charge >= 0.3 is 6.03 Å². The first-order valence-electron chi connectivity index (χ1n) is 7.62. The minimum atomic E-state index is 0.191. The van der Waals surface area contributed by atoms with E-state index in [-0.39, 0.29) is 12.1 Å². The van der Waals surface area contributed by atoms with E-state index in [0.29, 0.717) is 6.04 Å². The number of rotatable bonds is 2. The Labute approximate surface area is 124 Å². The van der Waals surface area contributed by atoms with Crippen LogP contribution in [0.25, 0.3) is 0 Å². The number of aromatic nitrogens is 1. The molecule has 5 heteroatoms. The summed E-state index contributed by atoms with van der Waals surface area (Å²) in [6.45, 7) is 2.90. The van der Waals surface area contributed by atoms with Crippen LogP contribution in [0.4, 0.5) is 4.79 Å². The average molecular weight is 293 g/mol. The minimum Gasteiger partial charge on any atom is -0.325 e. The molecule has 0 unspecified atom stereocenters. The summed E-state index contributed by atoms with van der Waals surface area (Å²) in [4.78, 5) is 21.3. The number of hydrogen-bond donors (Lipinski definition) is 0. The second-order valence-electron chi connectivity index (χ2n) is 5.97. The summed E-state index contributed by atoms with van der Waals surface area (Å²) in [6.07, 6.45) is 6.99. The van der Waals surface area contributed by atoms with Gasteiger partial charge in [0.25, 0.3) is 0 Å². The summed E-state index contributed by atoms with van der Waals surface area (Å²) < 4.78 is 0. The molecule has 1 aromatic heterocycles. The molecule has 4 nitrogen and oxygen atoms in total. The van der Waals surface area contributed by atoms with Crippen LogP contribution in [0, 0.1) is 6.92 Å². The number of thiazole rings is 1. The molecule has 110 valence electrons. The Hall–Kier alpha value is -1.10. The Morgan fingerprint density at radius 3 is 2.75 bits per heavy atom. The van der Waals surface area contributed by atoms with Crippen molar-refractivity contribution in [1.29, 1.82) is 0 Å². The number of aryl methyl sites for hydroxylation is 1. The number of carbonyl (C=O) groups excluding carboxylic acids is 1. The first-order valence-corrected chi connectivity index (χ1v) is 8.50. The van der Waals surface area contributed by atoms with E-state index in [4.69, 9.17) is 0 Å². The van der Waals surface area contributed by atoms with Crippen LogP contribution in [-0.4, -0.2) is 40.4 Å². The Balaban J connectivity index is 1.72. The molecule has 1 saturated heterocycles. The van der Waals surface area contributed by atoms with Crippen molar-refractivity contribution in [3.8, 4) is 0 Å². The summed E-state index contributed by atoms with van der Waals surface area (Å²) in [6, 6.07) is 0.835. The van der Waals surface area contributed by atoms with Crippen molar-refractivity contribution >= 4 is 17.4 Å². The molecule has 0 aromatic carbocycles. The lowest BCUT2D eigenvalue weighted by Gasteiger charge is -2.32. The third kappa shape index (κ3) is 2.55. The smallest absolute Gasteiger partial charge is 0.320 e. The molecule has 20 heavy (non-hydrogen) atoms. The molecule has 1 aliphatic heterocycles. The van der Waals surface area contributed by atoms with Crippen molar-refractivity contribution in [3.63, 3.8) is 0 Å². The molecular formula is C15H23N3OS. The van der Waals surface area contributed by atoms with Gasteiger partial charge in [-0.3, -0.25) is 0 Å². The first-order chi connectivity index (χ1) is 9.66. The van der Waals surface area contributed by atoms with Gasteiger partial charge in [0.05, 0.1) is 16.7 Å². The van der Waals surface area contributed by atoms with Crippen molar-refractivity contribution in [2.24, 2.45) is 0 Å². The average Bonchev–Trinajstić information content (AvgIpc) is 3.17. The number of carbonyl (C=O) groups is 1. The third-order valence-corrected chi connectivity index (χ3v) is 5.44. The van der Waals surface area contributed by atoms with Gasteiger partial charge in [0.2, 0.25) is 0 Å². The Bertz CT molecular complexity index is 481. The van der Waals surface area contributed by atoms with E-state index >= 15 is 0 Å². The fourth-order valence-electron chi connectivity index (χ4n) is 3.49. The fourth-order valence-corrected chi connectivity index (χ4v) is 4.15. The molecule has 1 aromatic rings. The highest BCUT2D eigenvalue weighted by molar-refractivity contribution is 7.09. The largest absolute Gasteiger partial charge is 0.325 e. The van der Waals surface area contributed by atoms with Crippen LogP contribution >= 0.6 is 11.3 Å². The Kier molecular flexibility index (Phi) is 3.96. The van der Waals surface area contributed by atoms with E-state index in [9.17, 15) is 4.79 Å². The summed E-state index contributed by atoms with van der Waals surface area (Å²) in [5.74, 6) is 0. The fraction of sp³-hybridized carbons (Fsp3) is 0.733. The van der Waals surface area contributed by atoms with E-state index in [1.165, 1.54) is 12.8 Å². The lowest BCUT2D eigenvalue weighted by Crippen LogP contribution is -2.44. The van der Waals surface area contributed by atoms with E-state index in [1.807, 2.05) is 23.8 Å². The van der Waals surface area contributed by atoms with Gasteiger partial charge in [-0.2, -0.15) is 0 Å². The maximum atomic E-state index is 12.8. The van der Waals surface area contributed by atoms with E-state index in [0.717, 1.165) is 42.9 Å². The quantitative estimate of drug-likeness (QED) is 0.835. The molecule has 2 fully saturated rings. The van der Waals surface area contributed by atoms with Crippen LogP contribution in [0.1, 0.15) is 55.3 Å². The molecule has 0 spiro atoms. The van der Waals surface area contributed by atoms with Gasteiger partial charge < -0.3 is 9.80 Å². The van der Waals surface area contributed by atoms with Gasteiger partial charge in [0, 0.05) is 25.0 Å². The van der Waals surface area contributed by atoms with Crippen LogP contribution in [0.2, 0.25) is 0 Å². The molecule has 2 amide bonds. The van der Waals surface area contributed by atoms with Crippen molar-refractivity contribution in [1.82, 2.24) is 14.8 Å². The zero-order chi connectivity index (χ0) is 14.1. The lowest BCUT2D eigenvalue weighted by atomic mass is 10.1. The summed E-state index contributed by atoms with van der Waals surface area (Å²) in [5.41, 5.74) is 1.08. The Morgan fingerprint density at radius 1 is 1.35 bits per heavy atom. The number of likely N-dealkylation sites (tertiary alicyclic amines) is 1. The van der Waals surface area contributed by atoms with Crippen molar-refractivity contribution in [2.75, 3.05) is 13.6 Å². The summed E-state index contributed by atoms with van der Waals surface area (Å²) in [7, 11) is 1.97. The molecule has 1 atom stereocenters. The highest BCUT2D eigenvalue weighted by atomic mass is 32.1. The van der Waals surface area contributed by atoms with Crippen molar-refractivity contribution in [2.45, 2.75) is 57.5 Å². The van der Waals surface area contributed by atoms with Gasteiger partial charge in [0.1, 0.15) is 0 Å². The Morgan fingerprint density at radius 2 is 2.10 bits per heavy atom. The first kappa shape index (κ1) is 13.9. The van der Waals surface area contributed by atoms with Gasteiger partial charge in [-0.1, -0.05) is 12.8 Å². The van der Waals surface area contributed by atoms with Crippen LogP contribution in [0.3, 0.4) is 0 Å². The highest BCUT2D eigenvalue weighted by Crippen LogP contribution is 2.34. The molecule has 2 aliphatic rings.